The van der Waals surface area contributed by atoms with Gasteiger partial charge in [0.05, 0.1) is 19.4 Å². The standard InChI is InChI=1S/C23H27N3O3S/c1-16-15-19(23(30-16)24-22(27)20-5-4-14-29-20)21(26-12-10-25(2)11-13-26)17-6-8-18(28-3)9-7-17/h4-9,14-15,21H,10-13H2,1-3H3,(H,24,27)/t21-/m0/s1. The number of carbonyl (C=O) groups excluding carboxylic acids is 1. The van der Waals surface area contributed by atoms with E-state index in [1.165, 1.54) is 11.8 Å². The van der Waals surface area contributed by atoms with E-state index in [1.807, 2.05) is 12.1 Å². The van der Waals surface area contributed by atoms with Crippen LogP contribution in [0, 0.1) is 6.92 Å². The molecule has 0 unspecified atom stereocenters. The van der Waals surface area contributed by atoms with E-state index in [2.05, 4.69) is 47.3 Å². The summed E-state index contributed by atoms with van der Waals surface area (Å²) in [6.07, 6.45) is 1.51. The van der Waals surface area contributed by atoms with Gasteiger partial charge in [-0.15, -0.1) is 11.3 Å². The van der Waals surface area contributed by atoms with Gasteiger partial charge in [-0.3, -0.25) is 9.69 Å². The average molecular weight is 426 g/mol. The maximum atomic E-state index is 12.7. The Balaban J connectivity index is 1.70. The first-order chi connectivity index (χ1) is 14.5. The largest absolute Gasteiger partial charge is 0.497 e. The van der Waals surface area contributed by atoms with E-state index < -0.39 is 0 Å². The second-order valence-corrected chi connectivity index (χ2v) is 8.84. The summed E-state index contributed by atoms with van der Waals surface area (Å²) in [6, 6.07) is 13.9. The summed E-state index contributed by atoms with van der Waals surface area (Å²) in [5.74, 6) is 0.922. The molecule has 3 aromatic rings. The van der Waals surface area contributed by atoms with Crippen LogP contribution in [0.15, 0.2) is 53.1 Å². The number of hydrogen-bond donors (Lipinski definition) is 1. The predicted octanol–water partition coefficient (Wildman–Crippen LogP) is 4.25. The monoisotopic (exact) mass is 425 g/mol. The zero-order valence-electron chi connectivity index (χ0n) is 17.6. The molecule has 0 saturated carbocycles. The number of methoxy groups -OCH3 is 1. The van der Waals surface area contributed by atoms with Gasteiger partial charge in [-0.2, -0.15) is 0 Å². The molecule has 0 spiro atoms. The van der Waals surface area contributed by atoms with Crippen LogP contribution < -0.4 is 10.1 Å². The van der Waals surface area contributed by atoms with Crippen molar-refractivity contribution in [2.24, 2.45) is 0 Å². The molecule has 1 atom stereocenters. The normalized spacial score (nSPS) is 16.4. The number of benzene rings is 1. The highest BCUT2D eigenvalue weighted by Gasteiger charge is 2.29. The third kappa shape index (κ3) is 4.43. The zero-order chi connectivity index (χ0) is 21.1. The molecular formula is C23H27N3O3S. The average Bonchev–Trinajstić information content (AvgIpc) is 3.41. The fraction of sp³-hybridized carbons (Fsp3) is 0.348. The lowest BCUT2D eigenvalue weighted by Gasteiger charge is -2.38. The molecule has 30 heavy (non-hydrogen) atoms. The first-order valence-electron chi connectivity index (χ1n) is 10.1. The highest BCUT2D eigenvalue weighted by atomic mass is 32.1. The SMILES string of the molecule is COc1ccc([C@@H](c2cc(C)sc2NC(=O)c2ccco2)N2CCN(C)CC2)cc1. The Morgan fingerprint density at radius 1 is 1.17 bits per heavy atom. The Morgan fingerprint density at radius 2 is 1.90 bits per heavy atom. The molecule has 0 aliphatic carbocycles. The second-order valence-electron chi connectivity index (χ2n) is 7.59. The zero-order valence-corrected chi connectivity index (χ0v) is 18.4. The van der Waals surface area contributed by atoms with E-state index in [0.717, 1.165) is 47.4 Å². The molecule has 1 fully saturated rings. The van der Waals surface area contributed by atoms with Crippen LogP contribution in [-0.4, -0.2) is 56.0 Å². The summed E-state index contributed by atoms with van der Waals surface area (Å²) in [5.41, 5.74) is 2.30. The van der Waals surface area contributed by atoms with E-state index in [1.54, 1.807) is 30.6 Å². The van der Waals surface area contributed by atoms with Gasteiger partial charge in [-0.1, -0.05) is 12.1 Å². The minimum Gasteiger partial charge on any atom is -0.497 e. The van der Waals surface area contributed by atoms with Gasteiger partial charge in [-0.05, 0) is 49.9 Å². The molecule has 1 aliphatic rings. The lowest BCUT2D eigenvalue weighted by molar-refractivity contribution is 0.0996. The molecule has 158 valence electrons. The number of nitrogens with zero attached hydrogens (tertiary/aromatic N) is 2. The summed E-state index contributed by atoms with van der Waals surface area (Å²) < 4.78 is 10.6. The van der Waals surface area contributed by atoms with E-state index in [0.29, 0.717) is 5.76 Å². The maximum Gasteiger partial charge on any atom is 0.291 e. The first-order valence-corrected chi connectivity index (χ1v) is 10.9. The number of ether oxygens (including phenoxy) is 1. The molecule has 0 radical (unpaired) electrons. The van der Waals surface area contributed by atoms with Crippen molar-refractivity contribution in [3.8, 4) is 5.75 Å². The number of aryl methyl sites for hydroxylation is 1. The number of furan rings is 1. The summed E-state index contributed by atoms with van der Waals surface area (Å²) >= 11 is 1.60. The molecular weight excluding hydrogens is 398 g/mol. The highest BCUT2D eigenvalue weighted by Crippen LogP contribution is 2.40. The van der Waals surface area contributed by atoms with Gasteiger partial charge in [0.2, 0.25) is 0 Å². The molecule has 1 aliphatic heterocycles. The Labute approximate surface area is 181 Å². The van der Waals surface area contributed by atoms with Crippen molar-refractivity contribution in [3.05, 3.63) is 70.5 Å². The van der Waals surface area contributed by atoms with Crippen molar-refractivity contribution in [1.29, 1.82) is 0 Å². The van der Waals surface area contributed by atoms with Gasteiger partial charge in [0.1, 0.15) is 10.8 Å². The number of carbonyl (C=O) groups is 1. The summed E-state index contributed by atoms with van der Waals surface area (Å²) in [5, 5.41) is 3.95. The number of hydrogen-bond acceptors (Lipinski definition) is 6. The molecule has 2 aromatic heterocycles. The minimum atomic E-state index is -0.227. The van der Waals surface area contributed by atoms with Crippen LogP contribution in [0.5, 0.6) is 5.75 Å². The Hall–Kier alpha value is -2.61. The van der Waals surface area contributed by atoms with Crippen molar-refractivity contribution < 1.29 is 13.9 Å². The Bertz CT molecular complexity index is 974. The van der Waals surface area contributed by atoms with Crippen molar-refractivity contribution >= 4 is 22.2 Å². The second kappa shape index (κ2) is 9.04. The summed E-state index contributed by atoms with van der Waals surface area (Å²) in [6.45, 7) is 6.04. The van der Waals surface area contributed by atoms with Crippen LogP contribution in [0.25, 0.3) is 0 Å². The molecule has 4 rings (SSSR count). The van der Waals surface area contributed by atoms with Crippen molar-refractivity contribution in [3.63, 3.8) is 0 Å². The fourth-order valence-corrected chi connectivity index (χ4v) is 4.80. The third-order valence-electron chi connectivity index (χ3n) is 5.49. The van der Waals surface area contributed by atoms with Gasteiger partial charge < -0.3 is 19.4 Å². The molecule has 1 saturated heterocycles. The summed E-state index contributed by atoms with van der Waals surface area (Å²) in [7, 11) is 3.83. The number of piperazine rings is 1. The topological polar surface area (TPSA) is 58.0 Å². The maximum absolute atomic E-state index is 12.7. The number of nitrogens with one attached hydrogen (secondary N) is 1. The van der Waals surface area contributed by atoms with Crippen molar-refractivity contribution in [2.45, 2.75) is 13.0 Å². The quantitative estimate of drug-likeness (QED) is 0.640. The van der Waals surface area contributed by atoms with Crippen LogP contribution in [0.2, 0.25) is 0 Å². The van der Waals surface area contributed by atoms with Crippen molar-refractivity contribution in [1.82, 2.24) is 9.80 Å². The smallest absolute Gasteiger partial charge is 0.291 e. The highest BCUT2D eigenvalue weighted by molar-refractivity contribution is 7.16. The van der Waals surface area contributed by atoms with Crippen LogP contribution >= 0.6 is 11.3 Å². The third-order valence-corrected chi connectivity index (χ3v) is 6.47. The molecule has 3 heterocycles. The Morgan fingerprint density at radius 3 is 2.53 bits per heavy atom. The predicted molar refractivity (Wildman–Crippen MR) is 120 cm³/mol. The van der Waals surface area contributed by atoms with Crippen LogP contribution in [0.1, 0.15) is 32.6 Å². The summed E-state index contributed by atoms with van der Waals surface area (Å²) in [4.78, 5) is 18.7. The molecule has 1 N–H and O–H groups in total. The molecule has 7 heteroatoms. The molecule has 1 amide bonds. The van der Waals surface area contributed by atoms with Gasteiger partial charge in [-0.25, -0.2) is 0 Å². The number of thiophene rings is 1. The molecule has 1 aromatic carbocycles. The fourth-order valence-electron chi connectivity index (χ4n) is 3.86. The van der Waals surface area contributed by atoms with Crippen LogP contribution in [-0.2, 0) is 0 Å². The molecule has 0 bridgehead atoms. The van der Waals surface area contributed by atoms with E-state index in [-0.39, 0.29) is 11.9 Å². The van der Waals surface area contributed by atoms with Gasteiger partial charge >= 0.3 is 0 Å². The Kier molecular flexibility index (Phi) is 6.22. The lowest BCUT2D eigenvalue weighted by atomic mass is 9.97. The van der Waals surface area contributed by atoms with Gasteiger partial charge in [0.15, 0.2) is 5.76 Å². The van der Waals surface area contributed by atoms with Crippen LogP contribution in [0.3, 0.4) is 0 Å². The molecule has 6 nitrogen and oxygen atoms in total. The van der Waals surface area contributed by atoms with E-state index in [9.17, 15) is 4.79 Å². The van der Waals surface area contributed by atoms with Crippen LogP contribution in [0.4, 0.5) is 5.00 Å². The number of amides is 1. The van der Waals surface area contributed by atoms with E-state index >= 15 is 0 Å². The van der Waals surface area contributed by atoms with Gasteiger partial charge in [0.25, 0.3) is 5.91 Å². The number of likely N-dealkylation sites (N-methyl/N-ethyl adjacent to an activating group) is 1. The lowest BCUT2D eigenvalue weighted by Crippen LogP contribution is -2.46. The number of anilines is 1. The first kappa shape index (κ1) is 20.7. The van der Waals surface area contributed by atoms with Crippen molar-refractivity contribution in [2.75, 3.05) is 45.7 Å². The van der Waals surface area contributed by atoms with Gasteiger partial charge in [0, 0.05) is 36.6 Å². The number of rotatable bonds is 6. The van der Waals surface area contributed by atoms with E-state index in [4.69, 9.17) is 9.15 Å². The minimum absolute atomic E-state index is 0.0569.